The maximum Gasteiger partial charge on any atom is -0.0221 e. The van der Waals surface area contributed by atoms with E-state index in [-0.39, 0.29) is 0 Å². The number of unbranched alkanes of at least 4 members (excludes halogenated alkanes) is 2. The van der Waals surface area contributed by atoms with Gasteiger partial charge in [-0.15, -0.1) is 0 Å². The first-order valence-electron chi connectivity index (χ1n) is 9.48. The molecule has 0 bridgehead atoms. The van der Waals surface area contributed by atoms with E-state index in [4.69, 9.17) is 0 Å². The predicted octanol–water partition coefficient (Wildman–Crippen LogP) is 7.72. The molecule has 0 aromatic carbocycles. The van der Waals surface area contributed by atoms with E-state index in [2.05, 4.69) is 69.2 Å². The molecule has 0 heteroatoms. The molecule has 0 aromatic rings. The van der Waals surface area contributed by atoms with Crippen LogP contribution >= 0.6 is 0 Å². The Balaban J connectivity index is 5.60. The van der Waals surface area contributed by atoms with E-state index in [1.54, 1.807) is 0 Å². The van der Waals surface area contributed by atoms with Crippen LogP contribution in [0.2, 0.25) is 0 Å². The van der Waals surface area contributed by atoms with Crippen LogP contribution in [0.3, 0.4) is 0 Å². The molecule has 21 heavy (non-hydrogen) atoms. The highest BCUT2D eigenvalue weighted by molar-refractivity contribution is 5.01. The van der Waals surface area contributed by atoms with Gasteiger partial charge in [0, 0.05) is 0 Å². The van der Waals surface area contributed by atoms with E-state index in [1.807, 2.05) is 0 Å². The molecule has 0 saturated carbocycles. The monoisotopic (exact) mass is 296 g/mol. The Labute approximate surface area is 136 Å². The lowest BCUT2D eigenvalue weighted by Gasteiger charge is -2.58. The Hall–Kier alpha value is 0. The highest BCUT2D eigenvalue weighted by Gasteiger charge is 2.52. The summed E-state index contributed by atoms with van der Waals surface area (Å²) < 4.78 is 0. The van der Waals surface area contributed by atoms with Crippen LogP contribution in [0, 0.1) is 28.1 Å². The smallest absolute Gasteiger partial charge is 0.0221 e. The second-order valence-corrected chi connectivity index (χ2v) is 9.18. The van der Waals surface area contributed by atoms with Gasteiger partial charge in [-0.2, -0.15) is 0 Å². The highest BCUT2D eigenvalue weighted by Crippen LogP contribution is 2.60. The van der Waals surface area contributed by atoms with Crippen molar-refractivity contribution < 1.29 is 0 Å². The lowest BCUT2D eigenvalue weighted by Crippen LogP contribution is -2.50. The second-order valence-electron chi connectivity index (χ2n) is 9.18. The van der Waals surface area contributed by atoms with E-state index in [0.717, 1.165) is 11.8 Å². The van der Waals surface area contributed by atoms with Crippen LogP contribution in [-0.4, -0.2) is 0 Å². The lowest BCUT2D eigenvalue weighted by atomic mass is 9.47. The second kappa shape index (κ2) is 8.02. The van der Waals surface area contributed by atoms with Crippen LogP contribution in [0.1, 0.15) is 108 Å². The Bertz CT molecular complexity index is 284. The van der Waals surface area contributed by atoms with Crippen LogP contribution in [-0.2, 0) is 0 Å². The van der Waals surface area contributed by atoms with Gasteiger partial charge in [-0.1, -0.05) is 94.9 Å². The molecule has 128 valence electrons. The fraction of sp³-hybridized carbons (Fsp3) is 1.00. The van der Waals surface area contributed by atoms with Crippen LogP contribution in [0.4, 0.5) is 0 Å². The SMILES string of the molecule is CCCCC(C)(C)C(C)(CCCC)C(C)(C)C(C)C(C)C. The molecule has 0 N–H and O–H groups in total. The number of hydrogen-bond donors (Lipinski definition) is 0. The zero-order chi connectivity index (χ0) is 16.9. The van der Waals surface area contributed by atoms with Crippen LogP contribution in [0.25, 0.3) is 0 Å². The van der Waals surface area contributed by atoms with Gasteiger partial charge in [0.15, 0.2) is 0 Å². The number of rotatable bonds is 10. The van der Waals surface area contributed by atoms with Gasteiger partial charge in [-0.05, 0) is 40.9 Å². The van der Waals surface area contributed by atoms with Crippen LogP contribution in [0.5, 0.6) is 0 Å². The maximum absolute atomic E-state index is 2.59. The van der Waals surface area contributed by atoms with E-state index < -0.39 is 0 Å². The summed E-state index contributed by atoms with van der Waals surface area (Å²) in [7, 11) is 0. The van der Waals surface area contributed by atoms with Crippen molar-refractivity contribution in [3.63, 3.8) is 0 Å². The van der Waals surface area contributed by atoms with Crippen molar-refractivity contribution in [3.05, 3.63) is 0 Å². The molecule has 0 saturated heterocycles. The topological polar surface area (TPSA) is 0 Å². The summed E-state index contributed by atoms with van der Waals surface area (Å²) in [6.07, 6.45) is 8.07. The Kier molecular flexibility index (Phi) is 8.02. The summed E-state index contributed by atoms with van der Waals surface area (Å²) in [6, 6.07) is 0. The number of hydrogen-bond acceptors (Lipinski definition) is 0. The van der Waals surface area contributed by atoms with Gasteiger partial charge < -0.3 is 0 Å². The summed E-state index contributed by atoms with van der Waals surface area (Å²) in [5.41, 5.74) is 1.17. The molecule has 0 rings (SSSR count). The Morgan fingerprint density at radius 2 is 1.14 bits per heavy atom. The molecule has 0 spiro atoms. The molecular weight excluding hydrogens is 252 g/mol. The minimum Gasteiger partial charge on any atom is -0.0654 e. The summed E-state index contributed by atoms with van der Waals surface area (Å²) in [4.78, 5) is 0. The zero-order valence-corrected chi connectivity index (χ0v) is 16.9. The molecule has 0 radical (unpaired) electrons. The van der Waals surface area contributed by atoms with E-state index in [9.17, 15) is 0 Å². The minimum atomic E-state index is 0.369. The van der Waals surface area contributed by atoms with Crippen molar-refractivity contribution in [2.24, 2.45) is 28.1 Å². The van der Waals surface area contributed by atoms with Gasteiger partial charge in [-0.25, -0.2) is 0 Å². The fourth-order valence-electron chi connectivity index (χ4n) is 4.29. The molecular formula is C21H44. The molecule has 2 unspecified atom stereocenters. The molecule has 0 nitrogen and oxygen atoms in total. The molecule has 0 aliphatic rings. The standard InChI is InChI=1S/C21H44/c1-11-13-15-19(6,7)21(10,16-14-12-2)20(8,9)18(5)17(3)4/h17-18H,11-16H2,1-10H3. The van der Waals surface area contributed by atoms with Crippen molar-refractivity contribution in [1.82, 2.24) is 0 Å². The van der Waals surface area contributed by atoms with Gasteiger partial charge in [0.2, 0.25) is 0 Å². The third kappa shape index (κ3) is 4.49. The van der Waals surface area contributed by atoms with Crippen molar-refractivity contribution in [2.45, 2.75) is 108 Å². The third-order valence-electron chi connectivity index (χ3n) is 7.24. The van der Waals surface area contributed by atoms with Crippen molar-refractivity contribution in [2.75, 3.05) is 0 Å². The summed E-state index contributed by atoms with van der Waals surface area (Å²) in [5.74, 6) is 1.50. The molecule has 2 atom stereocenters. The molecule has 0 aromatic heterocycles. The first kappa shape index (κ1) is 21.0. The van der Waals surface area contributed by atoms with Gasteiger partial charge >= 0.3 is 0 Å². The molecule has 0 heterocycles. The van der Waals surface area contributed by atoms with Gasteiger partial charge in [0.05, 0.1) is 0 Å². The van der Waals surface area contributed by atoms with Crippen molar-refractivity contribution in [3.8, 4) is 0 Å². The largest absolute Gasteiger partial charge is 0.0654 e. The molecule has 0 amide bonds. The average Bonchev–Trinajstić information content (AvgIpc) is 2.40. The Morgan fingerprint density at radius 3 is 1.52 bits per heavy atom. The van der Waals surface area contributed by atoms with E-state index in [0.29, 0.717) is 16.2 Å². The minimum absolute atomic E-state index is 0.369. The Morgan fingerprint density at radius 1 is 0.714 bits per heavy atom. The first-order valence-corrected chi connectivity index (χ1v) is 9.48. The summed E-state index contributed by atoms with van der Waals surface area (Å²) in [5, 5.41) is 0. The normalized spacial score (nSPS) is 17.9. The van der Waals surface area contributed by atoms with Gasteiger partial charge in [0.1, 0.15) is 0 Å². The van der Waals surface area contributed by atoms with E-state index >= 15 is 0 Å². The summed E-state index contributed by atoms with van der Waals surface area (Å²) >= 11 is 0. The van der Waals surface area contributed by atoms with Crippen molar-refractivity contribution in [1.29, 1.82) is 0 Å². The summed E-state index contributed by atoms with van der Waals surface area (Å²) in [6.45, 7) is 24.7. The molecule has 0 aliphatic heterocycles. The van der Waals surface area contributed by atoms with Crippen LogP contribution in [0.15, 0.2) is 0 Å². The zero-order valence-electron chi connectivity index (χ0n) is 16.9. The lowest BCUT2D eigenvalue weighted by molar-refractivity contribution is -0.0914. The first-order chi connectivity index (χ1) is 9.48. The molecule has 0 fully saturated rings. The van der Waals surface area contributed by atoms with Gasteiger partial charge in [0.25, 0.3) is 0 Å². The average molecular weight is 297 g/mol. The fourth-order valence-corrected chi connectivity index (χ4v) is 4.29. The maximum atomic E-state index is 2.59. The molecule has 0 aliphatic carbocycles. The van der Waals surface area contributed by atoms with Crippen LogP contribution < -0.4 is 0 Å². The van der Waals surface area contributed by atoms with Gasteiger partial charge in [-0.3, -0.25) is 0 Å². The predicted molar refractivity (Wildman–Crippen MR) is 98.7 cm³/mol. The van der Waals surface area contributed by atoms with Crippen molar-refractivity contribution >= 4 is 0 Å². The highest BCUT2D eigenvalue weighted by atomic mass is 14.6. The van der Waals surface area contributed by atoms with E-state index in [1.165, 1.54) is 38.5 Å². The quantitative estimate of drug-likeness (QED) is 0.387. The third-order valence-corrected chi connectivity index (χ3v) is 7.24.